The highest BCUT2D eigenvalue weighted by Crippen LogP contribution is 2.19. The predicted molar refractivity (Wildman–Crippen MR) is 108 cm³/mol. The molecule has 2 heterocycles. The van der Waals surface area contributed by atoms with Crippen molar-refractivity contribution >= 4 is 16.7 Å². The molecule has 0 bridgehead atoms. The summed E-state index contributed by atoms with van der Waals surface area (Å²) in [6.07, 6.45) is 3.54. The first-order valence-electron chi connectivity index (χ1n) is 9.04. The second-order valence-electron chi connectivity index (χ2n) is 6.56. The van der Waals surface area contributed by atoms with Crippen molar-refractivity contribution < 1.29 is 9.53 Å². The molecule has 8 heteroatoms. The smallest absolute Gasteiger partial charge is 0.272 e. The van der Waals surface area contributed by atoms with Crippen molar-refractivity contribution in [3.8, 4) is 11.4 Å². The molecule has 1 amide bonds. The number of hydrogen-bond acceptors (Lipinski definition) is 5. The molecule has 0 radical (unpaired) electrons. The van der Waals surface area contributed by atoms with Crippen LogP contribution >= 0.6 is 0 Å². The van der Waals surface area contributed by atoms with Gasteiger partial charge in [-0.1, -0.05) is 24.3 Å². The zero-order chi connectivity index (χ0) is 20.4. The second-order valence-corrected chi connectivity index (χ2v) is 6.56. The van der Waals surface area contributed by atoms with Gasteiger partial charge in [0, 0.05) is 23.2 Å². The molecule has 2 aromatic heterocycles. The zero-order valence-corrected chi connectivity index (χ0v) is 15.9. The Morgan fingerprint density at radius 3 is 2.76 bits per heavy atom. The number of carbonyl (C=O) groups excluding carboxylic acids is 1. The lowest BCUT2D eigenvalue weighted by Gasteiger charge is -2.12. The third-order valence-corrected chi connectivity index (χ3v) is 4.68. The third-order valence-electron chi connectivity index (χ3n) is 4.68. The van der Waals surface area contributed by atoms with Gasteiger partial charge in [0.15, 0.2) is 5.69 Å². The molecule has 4 rings (SSSR count). The Bertz CT molecular complexity index is 1240. The van der Waals surface area contributed by atoms with Crippen molar-refractivity contribution in [3.63, 3.8) is 0 Å². The van der Waals surface area contributed by atoms with Crippen molar-refractivity contribution in [2.45, 2.75) is 13.0 Å². The number of carbonyl (C=O) groups is 1. The fraction of sp³-hybridized carbons (Fsp3) is 0.143. The minimum atomic E-state index is -0.376. The zero-order valence-electron chi connectivity index (χ0n) is 15.9. The topological polar surface area (TPSA) is 102 Å². The Labute approximate surface area is 166 Å². The third kappa shape index (κ3) is 3.60. The lowest BCUT2D eigenvalue weighted by atomic mass is 10.1. The quantitative estimate of drug-likeness (QED) is 0.546. The van der Waals surface area contributed by atoms with Crippen molar-refractivity contribution in [3.05, 3.63) is 82.5 Å². The van der Waals surface area contributed by atoms with Crippen LogP contribution in [0, 0.1) is 0 Å². The molecule has 0 spiro atoms. The number of rotatable bonds is 5. The molecular formula is C21H19N5O3. The number of fused-ring (bicyclic) bond motifs is 1. The highest BCUT2D eigenvalue weighted by molar-refractivity contribution is 6.04. The maximum absolute atomic E-state index is 12.8. The monoisotopic (exact) mass is 389 g/mol. The van der Waals surface area contributed by atoms with E-state index in [9.17, 15) is 9.59 Å². The number of methoxy groups -OCH3 is 1. The Kier molecular flexibility index (Phi) is 4.82. The van der Waals surface area contributed by atoms with E-state index in [1.54, 1.807) is 42.3 Å². The summed E-state index contributed by atoms with van der Waals surface area (Å²) in [5.74, 6) is 0.357. The molecule has 146 valence electrons. The average Bonchev–Trinajstić information content (AvgIpc) is 3.25. The Morgan fingerprint density at radius 2 is 1.97 bits per heavy atom. The fourth-order valence-electron chi connectivity index (χ4n) is 3.09. The van der Waals surface area contributed by atoms with Crippen LogP contribution < -0.4 is 15.6 Å². The molecule has 1 unspecified atom stereocenters. The van der Waals surface area contributed by atoms with Crippen LogP contribution in [0.25, 0.3) is 16.5 Å². The van der Waals surface area contributed by atoms with Crippen LogP contribution in [0.15, 0.2) is 65.7 Å². The number of nitrogens with zero attached hydrogens (tertiary/aromatic N) is 3. The lowest BCUT2D eigenvalue weighted by molar-refractivity contribution is 0.0935. The van der Waals surface area contributed by atoms with Crippen LogP contribution in [0.3, 0.4) is 0 Å². The summed E-state index contributed by atoms with van der Waals surface area (Å²) in [6.45, 7) is 1.86. The number of amides is 1. The first-order chi connectivity index (χ1) is 14.1. The number of hydrogen-bond donors (Lipinski definition) is 2. The number of nitrogens with one attached hydrogen (secondary N) is 2. The Balaban J connectivity index is 1.57. The van der Waals surface area contributed by atoms with E-state index < -0.39 is 0 Å². The first kappa shape index (κ1) is 18.4. The van der Waals surface area contributed by atoms with Gasteiger partial charge in [-0.2, -0.15) is 10.2 Å². The molecule has 2 N–H and O–H groups in total. The molecule has 0 fully saturated rings. The van der Waals surface area contributed by atoms with Crippen molar-refractivity contribution in [2.24, 2.45) is 0 Å². The molecule has 29 heavy (non-hydrogen) atoms. The largest absolute Gasteiger partial charge is 0.497 e. The number of H-pyrrole nitrogens is 1. The highest BCUT2D eigenvalue weighted by Gasteiger charge is 2.18. The maximum Gasteiger partial charge on any atom is 0.272 e. The van der Waals surface area contributed by atoms with Gasteiger partial charge in [-0.3, -0.25) is 9.59 Å². The van der Waals surface area contributed by atoms with Gasteiger partial charge in [0.25, 0.3) is 11.5 Å². The van der Waals surface area contributed by atoms with Crippen LogP contribution in [0.5, 0.6) is 5.75 Å². The van der Waals surface area contributed by atoms with Crippen LogP contribution in [0.1, 0.15) is 29.0 Å². The second kappa shape index (κ2) is 7.59. The molecule has 0 saturated heterocycles. The van der Waals surface area contributed by atoms with Crippen molar-refractivity contribution in [1.29, 1.82) is 0 Å². The van der Waals surface area contributed by atoms with E-state index in [1.807, 2.05) is 37.4 Å². The molecular weight excluding hydrogens is 370 g/mol. The van der Waals surface area contributed by atoms with Crippen LogP contribution in [-0.2, 0) is 0 Å². The molecule has 0 aliphatic carbocycles. The SMILES string of the molecule is COc1cccc(-n2cc(C(C)NC(=O)c3n[nH]c(=O)c4ccccc34)cn2)c1. The molecule has 1 atom stereocenters. The van der Waals surface area contributed by atoms with Gasteiger partial charge in [-0.25, -0.2) is 9.78 Å². The van der Waals surface area contributed by atoms with E-state index in [1.165, 1.54) is 0 Å². The molecule has 2 aromatic carbocycles. The lowest BCUT2D eigenvalue weighted by Crippen LogP contribution is -2.28. The number of ether oxygens (including phenoxy) is 1. The van der Waals surface area contributed by atoms with E-state index >= 15 is 0 Å². The summed E-state index contributed by atoms with van der Waals surface area (Å²) in [7, 11) is 1.61. The molecule has 0 saturated carbocycles. The average molecular weight is 389 g/mol. The van der Waals surface area contributed by atoms with Crippen LogP contribution in [0.4, 0.5) is 0 Å². The minimum absolute atomic E-state index is 0.173. The van der Waals surface area contributed by atoms with Gasteiger partial charge in [0.2, 0.25) is 0 Å². The number of aromatic nitrogens is 4. The van der Waals surface area contributed by atoms with Crippen LogP contribution in [-0.4, -0.2) is 33.0 Å². The van der Waals surface area contributed by atoms with E-state index in [2.05, 4.69) is 20.6 Å². The van der Waals surface area contributed by atoms with E-state index in [-0.39, 0.29) is 23.2 Å². The van der Waals surface area contributed by atoms with E-state index in [4.69, 9.17) is 4.74 Å². The summed E-state index contributed by atoms with van der Waals surface area (Å²) in [4.78, 5) is 24.7. The highest BCUT2D eigenvalue weighted by atomic mass is 16.5. The molecule has 0 aliphatic rings. The number of aromatic amines is 1. The number of benzene rings is 2. The standard InChI is InChI=1S/C21H19N5O3/c1-13(14-11-22-26(12-14)15-6-5-7-16(10-15)29-2)23-21(28)19-17-8-3-4-9-18(17)20(27)25-24-19/h3-13H,1-2H3,(H,23,28)(H,25,27). The summed E-state index contributed by atoms with van der Waals surface area (Å²) >= 11 is 0. The predicted octanol–water partition coefficient (Wildman–Crippen LogP) is 2.61. The van der Waals surface area contributed by atoms with Gasteiger partial charge >= 0.3 is 0 Å². The van der Waals surface area contributed by atoms with Crippen molar-refractivity contribution in [1.82, 2.24) is 25.3 Å². The van der Waals surface area contributed by atoms with Gasteiger partial charge in [-0.15, -0.1) is 0 Å². The summed E-state index contributed by atoms with van der Waals surface area (Å²) in [6, 6.07) is 14.1. The van der Waals surface area contributed by atoms with E-state index in [0.29, 0.717) is 10.8 Å². The van der Waals surface area contributed by atoms with Crippen LogP contribution in [0.2, 0.25) is 0 Å². The summed E-state index contributed by atoms with van der Waals surface area (Å²) in [5.41, 5.74) is 1.52. The normalized spacial score (nSPS) is 11.9. The van der Waals surface area contributed by atoms with E-state index in [0.717, 1.165) is 17.0 Å². The Hall–Kier alpha value is -3.94. The first-order valence-corrected chi connectivity index (χ1v) is 9.04. The van der Waals surface area contributed by atoms with Gasteiger partial charge in [0.05, 0.1) is 30.4 Å². The summed E-state index contributed by atoms with van der Waals surface area (Å²) < 4.78 is 6.96. The summed E-state index contributed by atoms with van der Waals surface area (Å²) in [5, 5.41) is 14.5. The molecule has 4 aromatic rings. The maximum atomic E-state index is 12.8. The Morgan fingerprint density at radius 1 is 1.17 bits per heavy atom. The van der Waals surface area contributed by atoms with Gasteiger partial charge in [0.1, 0.15) is 5.75 Å². The molecule has 0 aliphatic heterocycles. The fourth-order valence-corrected chi connectivity index (χ4v) is 3.09. The van der Waals surface area contributed by atoms with Gasteiger partial charge in [-0.05, 0) is 25.1 Å². The minimum Gasteiger partial charge on any atom is -0.497 e. The molecule has 8 nitrogen and oxygen atoms in total. The van der Waals surface area contributed by atoms with Crippen molar-refractivity contribution in [2.75, 3.05) is 7.11 Å². The van der Waals surface area contributed by atoms with Gasteiger partial charge < -0.3 is 10.1 Å².